The summed E-state index contributed by atoms with van der Waals surface area (Å²) in [4.78, 5) is 18.0. The van der Waals surface area contributed by atoms with Crippen LogP contribution in [0.15, 0.2) is 90.0 Å². The van der Waals surface area contributed by atoms with E-state index in [1.807, 2.05) is 74.6 Å². The molecule has 0 saturated heterocycles. The Morgan fingerprint density at radius 1 is 0.917 bits per heavy atom. The summed E-state index contributed by atoms with van der Waals surface area (Å²) >= 11 is 0. The highest BCUT2D eigenvalue weighted by molar-refractivity contribution is 7.89. The first kappa shape index (κ1) is 25.3. The molecule has 0 aliphatic carbocycles. The van der Waals surface area contributed by atoms with E-state index in [0.717, 1.165) is 22.4 Å². The summed E-state index contributed by atoms with van der Waals surface area (Å²) in [6.07, 6.45) is 1.86. The van der Waals surface area contributed by atoms with Gasteiger partial charge in [0, 0.05) is 23.5 Å². The van der Waals surface area contributed by atoms with Crippen molar-refractivity contribution in [2.24, 2.45) is 0 Å². The van der Waals surface area contributed by atoms with Gasteiger partial charge in [0.15, 0.2) is 0 Å². The molecule has 8 heteroatoms. The number of anilines is 1. The van der Waals surface area contributed by atoms with Crippen molar-refractivity contribution in [2.75, 3.05) is 11.9 Å². The number of nitrogens with one attached hydrogen (secondary N) is 1. The van der Waals surface area contributed by atoms with Crippen molar-refractivity contribution in [3.8, 4) is 16.9 Å². The summed E-state index contributed by atoms with van der Waals surface area (Å²) < 4.78 is 29.6. The summed E-state index contributed by atoms with van der Waals surface area (Å²) in [5, 5.41) is 2.84. The largest absolute Gasteiger partial charge is 0.294 e. The Morgan fingerprint density at radius 2 is 1.50 bits per heavy atom. The van der Waals surface area contributed by atoms with E-state index in [1.54, 1.807) is 42.7 Å². The number of hydrogen-bond acceptors (Lipinski definition) is 4. The minimum atomic E-state index is -3.86. The molecule has 0 bridgehead atoms. The van der Waals surface area contributed by atoms with Crippen molar-refractivity contribution < 1.29 is 13.2 Å². The Labute approximate surface area is 212 Å². The lowest BCUT2D eigenvalue weighted by atomic mass is 10.2. The Kier molecular flexibility index (Phi) is 7.37. The number of benzene rings is 3. The fourth-order valence-electron chi connectivity index (χ4n) is 3.82. The normalized spacial score (nSPS) is 11.7. The van der Waals surface area contributed by atoms with Gasteiger partial charge < -0.3 is 0 Å². The molecule has 0 aliphatic heterocycles. The van der Waals surface area contributed by atoms with Crippen LogP contribution in [-0.2, 0) is 14.8 Å². The number of nitrogens with zero attached hydrogens (tertiary/aromatic N) is 3. The van der Waals surface area contributed by atoms with Gasteiger partial charge in [0.05, 0.1) is 17.1 Å². The number of imidazole rings is 1. The van der Waals surface area contributed by atoms with Gasteiger partial charge in [0.2, 0.25) is 21.9 Å². The summed E-state index contributed by atoms with van der Waals surface area (Å²) in [7, 11) is -3.86. The molecule has 1 N–H and O–H groups in total. The van der Waals surface area contributed by atoms with Gasteiger partial charge in [-0.15, -0.1) is 0 Å². The fraction of sp³-hybridized carbons (Fsp3) is 0.214. The summed E-state index contributed by atoms with van der Waals surface area (Å²) in [5.41, 5.74) is 4.50. The molecule has 4 aromatic rings. The van der Waals surface area contributed by atoms with Crippen LogP contribution < -0.4 is 5.32 Å². The molecule has 0 unspecified atom stereocenters. The van der Waals surface area contributed by atoms with Crippen LogP contribution in [0.1, 0.15) is 25.0 Å². The predicted octanol–water partition coefficient (Wildman–Crippen LogP) is 5.19. The van der Waals surface area contributed by atoms with E-state index in [2.05, 4.69) is 10.3 Å². The van der Waals surface area contributed by atoms with Crippen molar-refractivity contribution in [3.05, 3.63) is 96.2 Å². The third kappa shape index (κ3) is 5.56. The van der Waals surface area contributed by atoms with Crippen LogP contribution in [0, 0.1) is 13.8 Å². The zero-order valence-corrected chi connectivity index (χ0v) is 21.7. The molecule has 0 atom stereocenters. The second-order valence-electron chi connectivity index (χ2n) is 9.03. The van der Waals surface area contributed by atoms with E-state index >= 15 is 0 Å². The van der Waals surface area contributed by atoms with E-state index in [0.29, 0.717) is 11.6 Å². The number of aromatic nitrogens is 2. The summed E-state index contributed by atoms with van der Waals surface area (Å²) in [6, 6.07) is 23.7. The highest BCUT2D eigenvalue weighted by Crippen LogP contribution is 2.25. The van der Waals surface area contributed by atoms with Crippen molar-refractivity contribution in [2.45, 2.75) is 38.6 Å². The predicted molar refractivity (Wildman–Crippen MR) is 143 cm³/mol. The van der Waals surface area contributed by atoms with Gasteiger partial charge in [-0.25, -0.2) is 13.4 Å². The van der Waals surface area contributed by atoms with Gasteiger partial charge >= 0.3 is 0 Å². The molecule has 0 fully saturated rings. The smallest absolute Gasteiger partial charge is 0.243 e. The van der Waals surface area contributed by atoms with E-state index in [4.69, 9.17) is 0 Å². The Hall–Kier alpha value is -3.75. The number of amides is 1. The highest BCUT2D eigenvalue weighted by atomic mass is 32.2. The van der Waals surface area contributed by atoms with Crippen molar-refractivity contribution in [1.82, 2.24) is 13.9 Å². The lowest BCUT2D eigenvalue weighted by Crippen LogP contribution is -2.42. The number of carbonyl (C=O) groups excluding carboxylic acids is 1. The molecular formula is C28H30N4O3S. The quantitative estimate of drug-likeness (QED) is 0.359. The Morgan fingerprint density at radius 3 is 2.08 bits per heavy atom. The molecule has 1 aromatic heterocycles. The van der Waals surface area contributed by atoms with Crippen molar-refractivity contribution in [3.63, 3.8) is 0 Å². The van der Waals surface area contributed by atoms with Crippen LogP contribution in [0.3, 0.4) is 0 Å². The molecule has 0 saturated carbocycles. The van der Waals surface area contributed by atoms with Gasteiger partial charge in [-0.05, 0) is 52.0 Å². The molecule has 0 radical (unpaired) electrons. The molecule has 7 nitrogen and oxygen atoms in total. The Balaban J connectivity index is 1.64. The number of aryl methyl sites for hydroxylation is 2. The maximum Gasteiger partial charge on any atom is 0.243 e. The first-order valence-corrected chi connectivity index (χ1v) is 13.2. The standard InChI is InChI=1S/C28H30N4O3S/c1-20(2)32(36(34,35)25-16-12-22(4)13-17-25)19-27(33)30-28-29-26(23-8-6-5-7-9-23)18-31(28)24-14-10-21(3)11-15-24/h5-18,20H,19H2,1-4H3,(H,29,30,33). The lowest BCUT2D eigenvalue weighted by molar-refractivity contribution is -0.116. The number of rotatable bonds is 8. The lowest BCUT2D eigenvalue weighted by Gasteiger charge is -2.25. The van der Waals surface area contributed by atoms with Crippen LogP contribution in [0.25, 0.3) is 16.9 Å². The van der Waals surface area contributed by atoms with Gasteiger partial charge in [-0.1, -0.05) is 65.7 Å². The van der Waals surface area contributed by atoms with Crippen LogP contribution in [-0.4, -0.2) is 40.8 Å². The number of carbonyl (C=O) groups is 1. The molecule has 3 aromatic carbocycles. The van der Waals surface area contributed by atoms with Crippen LogP contribution >= 0.6 is 0 Å². The monoisotopic (exact) mass is 502 g/mol. The summed E-state index contributed by atoms with van der Waals surface area (Å²) in [6.45, 7) is 7.06. The van der Waals surface area contributed by atoms with E-state index in [9.17, 15) is 13.2 Å². The van der Waals surface area contributed by atoms with Gasteiger partial charge in [-0.3, -0.25) is 14.7 Å². The van der Waals surface area contributed by atoms with Gasteiger partial charge in [0.25, 0.3) is 0 Å². The number of sulfonamides is 1. The minimum Gasteiger partial charge on any atom is -0.294 e. The fourth-order valence-corrected chi connectivity index (χ4v) is 5.41. The molecule has 0 spiro atoms. The maximum atomic E-state index is 13.3. The second kappa shape index (κ2) is 10.5. The van der Waals surface area contributed by atoms with E-state index < -0.39 is 22.0 Å². The first-order chi connectivity index (χ1) is 17.1. The molecular weight excluding hydrogens is 472 g/mol. The summed E-state index contributed by atoms with van der Waals surface area (Å²) in [5.74, 6) is -0.155. The average Bonchev–Trinajstić information content (AvgIpc) is 3.27. The third-order valence-electron chi connectivity index (χ3n) is 5.84. The zero-order chi connectivity index (χ0) is 25.9. The SMILES string of the molecule is Cc1ccc(-n2cc(-c3ccccc3)nc2NC(=O)CN(C(C)C)S(=O)(=O)c2ccc(C)cc2)cc1. The molecule has 0 aliphatic rings. The number of hydrogen-bond donors (Lipinski definition) is 1. The van der Waals surface area contributed by atoms with Crippen LogP contribution in [0.4, 0.5) is 5.95 Å². The van der Waals surface area contributed by atoms with E-state index in [1.165, 1.54) is 4.31 Å². The van der Waals surface area contributed by atoms with Gasteiger partial charge in [0.1, 0.15) is 0 Å². The topological polar surface area (TPSA) is 84.3 Å². The maximum absolute atomic E-state index is 13.3. The molecule has 1 amide bonds. The third-order valence-corrected chi connectivity index (χ3v) is 7.88. The molecule has 186 valence electrons. The van der Waals surface area contributed by atoms with E-state index in [-0.39, 0.29) is 11.4 Å². The first-order valence-electron chi connectivity index (χ1n) is 11.8. The molecule has 4 rings (SSSR count). The molecule has 1 heterocycles. The molecule has 36 heavy (non-hydrogen) atoms. The Bertz CT molecular complexity index is 1440. The van der Waals surface area contributed by atoms with Gasteiger partial charge in [-0.2, -0.15) is 4.31 Å². The minimum absolute atomic E-state index is 0.155. The van der Waals surface area contributed by atoms with Crippen molar-refractivity contribution in [1.29, 1.82) is 0 Å². The van der Waals surface area contributed by atoms with Crippen molar-refractivity contribution >= 4 is 21.9 Å². The zero-order valence-electron chi connectivity index (χ0n) is 20.8. The highest BCUT2D eigenvalue weighted by Gasteiger charge is 2.29. The van der Waals surface area contributed by atoms with Crippen LogP contribution in [0.2, 0.25) is 0 Å². The second-order valence-corrected chi connectivity index (χ2v) is 10.9. The average molecular weight is 503 g/mol. The van der Waals surface area contributed by atoms with Crippen LogP contribution in [0.5, 0.6) is 0 Å².